The molecule has 1 atom stereocenters. The maximum Gasteiger partial charge on any atom is 0.0815 e. The first-order valence-electron chi connectivity index (χ1n) is 8.31. The summed E-state index contributed by atoms with van der Waals surface area (Å²) in [6, 6.07) is 19.1. The fourth-order valence-electron chi connectivity index (χ4n) is 3.05. The van der Waals surface area contributed by atoms with Gasteiger partial charge in [0.25, 0.3) is 0 Å². The van der Waals surface area contributed by atoms with Crippen molar-refractivity contribution >= 4 is 0 Å². The maximum absolute atomic E-state index is 10.7. The summed E-state index contributed by atoms with van der Waals surface area (Å²) in [5.74, 6) is 0. The van der Waals surface area contributed by atoms with E-state index in [4.69, 9.17) is 4.74 Å². The lowest BCUT2D eigenvalue weighted by Gasteiger charge is -2.34. The molecule has 0 aliphatic carbocycles. The standard InChI is InChI=1S/C20H25NO2/c1-16-7-9-18(10-8-16)19(17-5-3-2-4-6-17)21-15-20(22)11-13-23-14-12-20/h2-10,19,21-22H,11-15H2,1H3. The summed E-state index contributed by atoms with van der Waals surface area (Å²) in [6.07, 6.45) is 1.38. The summed E-state index contributed by atoms with van der Waals surface area (Å²) in [4.78, 5) is 0. The molecule has 0 saturated carbocycles. The van der Waals surface area contributed by atoms with Gasteiger partial charge in [0, 0.05) is 32.6 Å². The van der Waals surface area contributed by atoms with Gasteiger partial charge in [-0.25, -0.2) is 0 Å². The van der Waals surface area contributed by atoms with E-state index in [1.165, 1.54) is 16.7 Å². The average molecular weight is 311 g/mol. The zero-order valence-corrected chi connectivity index (χ0v) is 13.7. The average Bonchev–Trinajstić information content (AvgIpc) is 2.58. The van der Waals surface area contributed by atoms with Crippen molar-refractivity contribution in [2.24, 2.45) is 0 Å². The van der Waals surface area contributed by atoms with E-state index < -0.39 is 5.60 Å². The van der Waals surface area contributed by atoms with E-state index in [2.05, 4.69) is 60.8 Å². The lowest BCUT2D eigenvalue weighted by molar-refractivity contribution is -0.0623. The molecule has 1 aliphatic rings. The van der Waals surface area contributed by atoms with Crippen LogP contribution in [0.25, 0.3) is 0 Å². The molecule has 0 aromatic heterocycles. The predicted octanol–water partition coefficient (Wildman–Crippen LogP) is 3.22. The minimum absolute atomic E-state index is 0.0867. The van der Waals surface area contributed by atoms with Crippen molar-refractivity contribution in [2.45, 2.75) is 31.4 Å². The number of rotatable bonds is 5. The van der Waals surface area contributed by atoms with Crippen molar-refractivity contribution in [3.05, 3.63) is 71.3 Å². The lowest BCUT2D eigenvalue weighted by Crippen LogP contribution is -2.46. The number of hydrogen-bond acceptors (Lipinski definition) is 3. The zero-order chi connectivity index (χ0) is 16.1. The topological polar surface area (TPSA) is 41.5 Å². The van der Waals surface area contributed by atoms with Crippen molar-refractivity contribution < 1.29 is 9.84 Å². The zero-order valence-electron chi connectivity index (χ0n) is 13.7. The Morgan fingerprint density at radius 2 is 1.61 bits per heavy atom. The molecule has 0 bridgehead atoms. The molecule has 2 aromatic rings. The van der Waals surface area contributed by atoms with Gasteiger partial charge >= 0.3 is 0 Å². The molecule has 122 valence electrons. The van der Waals surface area contributed by atoms with Gasteiger partial charge in [0.15, 0.2) is 0 Å². The first-order valence-corrected chi connectivity index (χ1v) is 8.31. The Morgan fingerprint density at radius 3 is 2.26 bits per heavy atom. The summed E-state index contributed by atoms with van der Waals surface area (Å²) < 4.78 is 5.37. The largest absolute Gasteiger partial charge is 0.388 e. The monoisotopic (exact) mass is 311 g/mol. The minimum Gasteiger partial charge on any atom is -0.388 e. The minimum atomic E-state index is -0.671. The van der Waals surface area contributed by atoms with Crippen LogP contribution in [0.3, 0.4) is 0 Å². The molecule has 1 heterocycles. The molecule has 3 nitrogen and oxygen atoms in total. The van der Waals surface area contributed by atoms with Gasteiger partial charge in [-0.3, -0.25) is 0 Å². The van der Waals surface area contributed by atoms with E-state index in [1.807, 2.05) is 6.07 Å². The van der Waals surface area contributed by atoms with Gasteiger partial charge in [0.1, 0.15) is 0 Å². The van der Waals surface area contributed by atoms with Crippen LogP contribution in [-0.2, 0) is 4.74 Å². The number of hydrogen-bond donors (Lipinski definition) is 2. The fourth-order valence-corrected chi connectivity index (χ4v) is 3.05. The Kier molecular flexibility index (Phi) is 5.11. The molecule has 1 unspecified atom stereocenters. The van der Waals surface area contributed by atoms with Crippen LogP contribution in [0.2, 0.25) is 0 Å². The Balaban J connectivity index is 1.79. The molecule has 3 heteroatoms. The van der Waals surface area contributed by atoms with Crippen LogP contribution in [0.4, 0.5) is 0 Å². The maximum atomic E-state index is 10.7. The molecule has 23 heavy (non-hydrogen) atoms. The smallest absolute Gasteiger partial charge is 0.0815 e. The molecule has 1 saturated heterocycles. The molecule has 1 fully saturated rings. The Bertz CT molecular complexity index is 603. The van der Waals surface area contributed by atoms with Crippen LogP contribution < -0.4 is 5.32 Å². The SMILES string of the molecule is Cc1ccc(C(NCC2(O)CCOCC2)c2ccccc2)cc1. The molecule has 0 radical (unpaired) electrons. The molecule has 0 amide bonds. The third-order valence-electron chi connectivity index (χ3n) is 4.60. The van der Waals surface area contributed by atoms with Gasteiger partial charge in [-0.15, -0.1) is 0 Å². The Hall–Kier alpha value is -1.68. The molecule has 1 aliphatic heterocycles. The van der Waals surface area contributed by atoms with Gasteiger partial charge < -0.3 is 15.2 Å². The Labute approximate surface area is 138 Å². The van der Waals surface area contributed by atoms with Gasteiger partial charge in [0.05, 0.1) is 11.6 Å². The van der Waals surface area contributed by atoms with E-state index in [-0.39, 0.29) is 6.04 Å². The molecule has 3 rings (SSSR count). The Morgan fingerprint density at radius 1 is 1.00 bits per heavy atom. The van der Waals surface area contributed by atoms with Crippen LogP contribution in [-0.4, -0.2) is 30.5 Å². The third-order valence-corrected chi connectivity index (χ3v) is 4.60. The predicted molar refractivity (Wildman–Crippen MR) is 92.5 cm³/mol. The number of aryl methyl sites for hydroxylation is 1. The summed E-state index contributed by atoms with van der Waals surface area (Å²) in [6.45, 7) is 3.95. The first-order chi connectivity index (χ1) is 11.2. The normalized spacial score (nSPS) is 18.5. The van der Waals surface area contributed by atoms with E-state index in [0.717, 1.165) is 0 Å². The molecule has 2 aromatic carbocycles. The summed E-state index contributed by atoms with van der Waals surface area (Å²) in [7, 11) is 0. The van der Waals surface area contributed by atoms with Gasteiger partial charge in [0.2, 0.25) is 0 Å². The molecule has 0 spiro atoms. The molecule has 2 N–H and O–H groups in total. The highest BCUT2D eigenvalue weighted by Crippen LogP contribution is 2.25. The number of ether oxygens (including phenoxy) is 1. The highest BCUT2D eigenvalue weighted by Gasteiger charge is 2.30. The van der Waals surface area contributed by atoms with Crippen molar-refractivity contribution in [3.63, 3.8) is 0 Å². The second-order valence-corrected chi connectivity index (χ2v) is 6.47. The fraction of sp³-hybridized carbons (Fsp3) is 0.400. The lowest BCUT2D eigenvalue weighted by atomic mass is 9.92. The van der Waals surface area contributed by atoms with Crippen LogP contribution in [0, 0.1) is 6.92 Å². The van der Waals surface area contributed by atoms with E-state index in [0.29, 0.717) is 32.6 Å². The van der Waals surface area contributed by atoms with Crippen LogP contribution in [0.1, 0.15) is 35.6 Å². The van der Waals surface area contributed by atoms with Gasteiger partial charge in [-0.05, 0) is 18.1 Å². The summed E-state index contributed by atoms with van der Waals surface area (Å²) >= 11 is 0. The van der Waals surface area contributed by atoms with Gasteiger partial charge in [-0.1, -0.05) is 60.2 Å². The van der Waals surface area contributed by atoms with E-state index in [1.54, 1.807) is 0 Å². The second-order valence-electron chi connectivity index (χ2n) is 6.47. The second kappa shape index (κ2) is 7.26. The highest BCUT2D eigenvalue weighted by atomic mass is 16.5. The molecular formula is C20H25NO2. The highest BCUT2D eigenvalue weighted by molar-refractivity contribution is 5.33. The van der Waals surface area contributed by atoms with Crippen molar-refractivity contribution in [2.75, 3.05) is 19.8 Å². The number of benzene rings is 2. The van der Waals surface area contributed by atoms with Crippen LogP contribution in [0.15, 0.2) is 54.6 Å². The summed E-state index contributed by atoms with van der Waals surface area (Å²) in [5, 5.41) is 14.3. The van der Waals surface area contributed by atoms with Crippen molar-refractivity contribution in [1.82, 2.24) is 5.32 Å². The van der Waals surface area contributed by atoms with Crippen molar-refractivity contribution in [1.29, 1.82) is 0 Å². The van der Waals surface area contributed by atoms with Crippen LogP contribution >= 0.6 is 0 Å². The molecular weight excluding hydrogens is 286 g/mol. The summed E-state index contributed by atoms with van der Waals surface area (Å²) in [5.41, 5.74) is 3.02. The number of nitrogens with one attached hydrogen (secondary N) is 1. The van der Waals surface area contributed by atoms with E-state index >= 15 is 0 Å². The van der Waals surface area contributed by atoms with Crippen molar-refractivity contribution in [3.8, 4) is 0 Å². The van der Waals surface area contributed by atoms with E-state index in [9.17, 15) is 5.11 Å². The number of aliphatic hydroxyl groups is 1. The first kappa shape index (κ1) is 16.2. The van der Waals surface area contributed by atoms with Gasteiger partial charge in [-0.2, -0.15) is 0 Å². The van der Waals surface area contributed by atoms with Crippen LogP contribution in [0.5, 0.6) is 0 Å². The third kappa shape index (κ3) is 4.20. The quantitative estimate of drug-likeness (QED) is 0.891.